The number of halogens is 1. The molecule has 0 bridgehead atoms. The second kappa shape index (κ2) is 8.32. The van der Waals surface area contributed by atoms with E-state index in [0.717, 1.165) is 36.8 Å². The first kappa shape index (κ1) is 21.1. The van der Waals surface area contributed by atoms with Crippen LogP contribution in [0.15, 0.2) is 72.3 Å². The van der Waals surface area contributed by atoms with Crippen LogP contribution >= 0.6 is 0 Å². The van der Waals surface area contributed by atoms with Crippen molar-refractivity contribution >= 4 is 23.1 Å². The monoisotopic (exact) mass is 441 g/mol. The number of hydrogen-bond donors (Lipinski definition) is 1. The number of fused-ring (bicyclic) bond motifs is 1. The molecule has 5 rings (SSSR count). The number of benzene rings is 3. The minimum absolute atomic E-state index is 0.0950. The van der Waals surface area contributed by atoms with Crippen molar-refractivity contribution in [1.29, 1.82) is 0 Å². The van der Waals surface area contributed by atoms with Gasteiger partial charge in [0.1, 0.15) is 11.6 Å². The smallest absolute Gasteiger partial charge is 0.300 e. The summed E-state index contributed by atoms with van der Waals surface area (Å²) in [5.41, 5.74) is 4.30. The van der Waals surface area contributed by atoms with Crippen molar-refractivity contribution in [2.75, 3.05) is 4.90 Å². The zero-order chi connectivity index (χ0) is 23.1. The lowest BCUT2D eigenvalue weighted by molar-refractivity contribution is -0.132. The largest absolute Gasteiger partial charge is 0.507 e. The number of amides is 1. The van der Waals surface area contributed by atoms with E-state index in [1.807, 2.05) is 25.1 Å². The van der Waals surface area contributed by atoms with Gasteiger partial charge in [-0.1, -0.05) is 42.5 Å². The molecular formula is C28H24FNO3. The van der Waals surface area contributed by atoms with Crippen LogP contribution in [0.2, 0.25) is 0 Å². The van der Waals surface area contributed by atoms with Crippen molar-refractivity contribution in [3.63, 3.8) is 0 Å². The van der Waals surface area contributed by atoms with E-state index >= 15 is 0 Å². The molecule has 1 fully saturated rings. The Morgan fingerprint density at radius 2 is 1.70 bits per heavy atom. The maximum Gasteiger partial charge on any atom is 0.300 e. The van der Waals surface area contributed by atoms with E-state index in [4.69, 9.17) is 0 Å². The Labute approximate surface area is 192 Å². The molecule has 1 saturated heterocycles. The van der Waals surface area contributed by atoms with Crippen LogP contribution < -0.4 is 4.90 Å². The van der Waals surface area contributed by atoms with Gasteiger partial charge in [0.15, 0.2) is 0 Å². The summed E-state index contributed by atoms with van der Waals surface area (Å²) in [6.45, 7) is 1.88. The van der Waals surface area contributed by atoms with E-state index in [-0.39, 0.29) is 16.9 Å². The molecule has 1 unspecified atom stereocenters. The average Bonchev–Trinajstić information content (AvgIpc) is 3.09. The third-order valence-electron chi connectivity index (χ3n) is 6.55. The Hall–Kier alpha value is -3.73. The molecule has 0 saturated carbocycles. The molecule has 4 nitrogen and oxygen atoms in total. The zero-order valence-corrected chi connectivity index (χ0v) is 18.3. The highest BCUT2D eigenvalue weighted by molar-refractivity contribution is 6.51. The van der Waals surface area contributed by atoms with Crippen molar-refractivity contribution in [2.24, 2.45) is 0 Å². The predicted molar refractivity (Wildman–Crippen MR) is 125 cm³/mol. The van der Waals surface area contributed by atoms with Gasteiger partial charge >= 0.3 is 0 Å². The summed E-state index contributed by atoms with van der Waals surface area (Å²) in [4.78, 5) is 27.7. The number of rotatable bonds is 3. The summed E-state index contributed by atoms with van der Waals surface area (Å²) in [6.07, 6.45) is 4.10. The number of Topliss-reactive ketones (excluding diaryl/α,β-unsaturated/α-hetero) is 1. The van der Waals surface area contributed by atoms with Crippen LogP contribution in [0.3, 0.4) is 0 Å². The molecular weight excluding hydrogens is 417 g/mol. The second-order valence-corrected chi connectivity index (χ2v) is 8.72. The third-order valence-corrected chi connectivity index (χ3v) is 6.55. The van der Waals surface area contributed by atoms with Crippen LogP contribution in [0.25, 0.3) is 5.76 Å². The Bertz CT molecular complexity index is 1310. The SMILES string of the molecule is Cc1cccc(N2C(=O)C(=O)/C(=C(/O)c3ccc4c(c3)CCCC4)C2c2ccccc2F)c1. The van der Waals surface area contributed by atoms with E-state index in [1.54, 1.807) is 42.5 Å². The molecule has 5 heteroatoms. The summed E-state index contributed by atoms with van der Waals surface area (Å²) in [7, 11) is 0. The van der Waals surface area contributed by atoms with Gasteiger partial charge in [-0.3, -0.25) is 14.5 Å². The van der Waals surface area contributed by atoms with Gasteiger partial charge in [-0.15, -0.1) is 0 Å². The number of anilines is 1. The third kappa shape index (κ3) is 3.63. The molecule has 2 aliphatic rings. The van der Waals surface area contributed by atoms with E-state index in [2.05, 4.69) is 0 Å². The molecule has 0 radical (unpaired) electrons. The van der Waals surface area contributed by atoms with Crippen LogP contribution in [0.4, 0.5) is 10.1 Å². The number of carbonyl (C=O) groups excluding carboxylic acids is 2. The van der Waals surface area contributed by atoms with E-state index < -0.39 is 23.5 Å². The molecule has 166 valence electrons. The number of carbonyl (C=O) groups is 2. The van der Waals surface area contributed by atoms with Crippen LogP contribution in [0.5, 0.6) is 0 Å². The molecule has 1 aliphatic carbocycles. The van der Waals surface area contributed by atoms with Crippen molar-refractivity contribution in [2.45, 2.75) is 38.6 Å². The first-order valence-corrected chi connectivity index (χ1v) is 11.2. The molecule has 3 aromatic carbocycles. The number of aryl methyl sites for hydroxylation is 3. The first-order chi connectivity index (χ1) is 16.0. The molecule has 1 heterocycles. The van der Waals surface area contributed by atoms with Crippen LogP contribution in [-0.2, 0) is 22.4 Å². The van der Waals surface area contributed by atoms with Crippen LogP contribution in [-0.4, -0.2) is 16.8 Å². The van der Waals surface area contributed by atoms with Gasteiger partial charge in [0.2, 0.25) is 0 Å². The first-order valence-electron chi connectivity index (χ1n) is 11.2. The summed E-state index contributed by atoms with van der Waals surface area (Å²) in [6, 6.07) is 17.8. The highest BCUT2D eigenvalue weighted by Crippen LogP contribution is 2.43. The topological polar surface area (TPSA) is 57.6 Å². The minimum atomic E-state index is -1.07. The van der Waals surface area contributed by atoms with Crippen molar-refractivity contribution < 1.29 is 19.1 Å². The van der Waals surface area contributed by atoms with Crippen molar-refractivity contribution in [3.05, 3.63) is 106 Å². The fourth-order valence-electron chi connectivity index (χ4n) is 4.90. The maximum absolute atomic E-state index is 15.0. The Balaban J connectivity index is 1.72. The summed E-state index contributed by atoms with van der Waals surface area (Å²) < 4.78 is 15.0. The zero-order valence-electron chi connectivity index (χ0n) is 18.3. The fraction of sp³-hybridized carbons (Fsp3) is 0.214. The molecule has 1 aliphatic heterocycles. The number of aliphatic hydroxyl groups is 1. The Morgan fingerprint density at radius 1 is 0.939 bits per heavy atom. The Kier molecular flexibility index (Phi) is 5.33. The Morgan fingerprint density at radius 3 is 2.45 bits per heavy atom. The summed E-state index contributed by atoms with van der Waals surface area (Å²) in [5.74, 6) is -2.42. The second-order valence-electron chi connectivity index (χ2n) is 8.72. The lowest BCUT2D eigenvalue weighted by atomic mass is 9.88. The number of nitrogens with zero attached hydrogens (tertiary/aromatic N) is 1. The molecule has 3 aromatic rings. The van der Waals surface area contributed by atoms with Gasteiger partial charge < -0.3 is 5.11 Å². The summed E-state index contributed by atoms with van der Waals surface area (Å²) in [5, 5.41) is 11.3. The summed E-state index contributed by atoms with van der Waals surface area (Å²) >= 11 is 0. The van der Waals surface area contributed by atoms with E-state index in [1.165, 1.54) is 16.5 Å². The molecule has 33 heavy (non-hydrogen) atoms. The predicted octanol–water partition coefficient (Wildman–Crippen LogP) is 5.64. The molecule has 0 aromatic heterocycles. The van der Waals surface area contributed by atoms with Gasteiger partial charge in [-0.05, 0) is 73.6 Å². The van der Waals surface area contributed by atoms with E-state index in [0.29, 0.717) is 11.3 Å². The van der Waals surface area contributed by atoms with Gasteiger partial charge in [-0.2, -0.15) is 0 Å². The van der Waals surface area contributed by atoms with Gasteiger partial charge in [0.25, 0.3) is 11.7 Å². The standard InChI is InChI=1S/C28H24FNO3/c1-17-7-6-10-21(15-17)30-25(22-11-4-5-12-23(22)29)24(27(32)28(30)33)26(31)20-14-13-18-8-2-3-9-19(18)16-20/h4-7,10-16,25,31H,2-3,8-9H2,1H3/b26-24+. The van der Waals surface area contributed by atoms with Crippen molar-refractivity contribution in [1.82, 2.24) is 0 Å². The van der Waals surface area contributed by atoms with Gasteiger partial charge in [0.05, 0.1) is 11.6 Å². The number of hydrogen-bond acceptors (Lipinski definition) is 3. The van der Waals surface area contributed by atoms with Gasteiger partial charge in [0, 0.05) is 16.8 Å². The molecule has 1 amide bonds. The minimum Gasteiger partial charge on any atom is -0.507 e. The highest BCUT2D eigenvalue weighted by Gasteiger charge is 2.47. The highest BCUT2D eigenvalue weighted by atomic mass is 19.1. The molecule has 1 atom stereocenters. The number of ketones is 1. The normalized spacial score (nSPS) is 19.6. The van der Waals surface area contributed by atoms with Crippen LogP contribution in [0, 0.1) is 12.7 Å². The number of aliphatic hydroxyl groups excluding tert-OH is 1. The fourth-order valence-corrected chi connectivity index (χ4v) is 4.90. The van der Waals surface area contributed by atoms with Crippen LogP contribution in [0.1, 0.15) is 46.7 Å². The molecule has 0 spiro atoms. The lowest BCUT2D eigenvalue weighted by Crippen LogP contribution is -2.29. The van der Waals surface area contributed by atoms with Crippen molar-refractivity contribution in [3.8, 4) is 0 Å². The quantitative estimate of drug-likeness (QED) is 0.325. The maximum atomic E-state index is 15.0. The van der Waals surface area contributed by atoms with Gasteiger partial charge in [-0.25, -0.2) is 4.39 Å². The average molecular weight is 442 g/mol. The van der Waals surface area contributed by atoms with E-state index in [9.17, 15) is 19.1 Å². The molecule has 1 N–H and O–H groups in total. The lowest BCUT2D eigenvalue weighted by Gasteiger charge is -2.26.